The van der Waals surface area contributed by atoms with Crippen LogP contribution < -0.4 is 5.73 Å². The summed E-state index contributed by atoms with van der Waals surface area (Å²) in [7, 11) is 0. The molecule has 2 aromatic rings. The number of rotatable bonds is 2. The molecule has 0 spiro atoms. The van der Waals surface area contributed by atoms with Gasteiger partial charge >= 0.3 is 5.97 Å². The first-order valence-corrected chi connectivity index (χ1v) is 5.77. The lowest BCUT2D eigenvalue weighted by Gasteiger charge is -2.11. The number of carbonyl (C=O) groups is 1. The Balaban J connectivity index is 2.65. The molecule has 0 atom stereocenters. The molecule has 1 aromatic heterocycles. The first-order valence-electron chi connectivity index (χ1n) is 5.39. The summed E-state index contributed by atoms with van der Waals surface area (Å²) in [6.45, 7) is 3.80. The standard InChI is InChI=1S/C13H13ClN2O2/c1-7-5-12(15)8(2)16(7)9-3-4-11(14)10(6-9)13(17)18/h3-6H,15H2,1-2H3,(H,17,18). The number of halogens is 1. The van der Waals surface area contributed by atoms with E-state index in [-0.39, 0.29) is 10.6 Å². The molecule has 4 nitrogen and oxygen atoms in total. The van der Waals surface area contributed by atoms with Crippen molar-refractivity contribution in [2.75, 3.05) is 5.73 Å². The van der Waals surface area contributed by atoms with Crippen LogP contribution in [0.15, 0.2) is 24.3 Å². The number of aromatic carboxylic acids is 1. The molecule has 0 unspecified atom stereocenters. The molecule has 2 rings (SSSR count). The number of anilines is 1. The Hall–Kier alpha value is -1.94. The highest BCUT2D eigenvalue weighted by Gasteiger charge is 2.13. The largest absolute Gasteiger partial charge is 0.478 e. The number of hydrogen-bond donors (Lipinski definition) is 2. The fourth-order valence-corrected chi connectivity index (χ4v) is 2.20. The van der Waals surface area contributed by atoms with Gasteiger partial charge < -0.3 is 15.4 Å². The number of aromatic nitrogens is 1. The average molecular weight is 265 g/mol. The number of nitrogens with two attached hydrogens (primary N) is 1. The van der Waals surface area contributed by atoms with Crippen molar-refractivity contribution in [3.63, 3.8) is 0 Å². The van der Waals surface area contributed by atoms with Crippen LogP contribution in [0.4, 0.5) is 5.69 Å². The maximum Gasteiger partial charge on any atom is 0.337 e. The van der Waals surface area contributed by atoms with E-state index in [1.54, 1.807) is 18.2 Å². The normalized spacial score (nSPS) is 10.6. The third kappa shape index (κ3) is 1.95. The summed E-state index contributed by atoms with van der Waals surface area (Å²) in [5, 5.41) is 9.29. The van der Waals surface area contributed by atoms with Crippen molar-refractivity contribution in [2.45, 2.75) is 13.8 Å². The molecule has 1 aromatic carbocycles. The van der Waals surface area contributed by atoms with Gasteiger partial charge in [0.1, 0.15) is 0 Å². The van der Waals surface area contributed by atoms with Crippen molar-refractivity contribution in [1.82, 2.24) is 4.57 Å². The molecule has 94 valence electrons. The van der Waals surface area contributed by atoms with Gasteiger partial charge in [-0.2, -0.15) is 0 Å². The van der Waals surface area contributed by atoms with Crippen molar-refractivity contribution in [3.8, 4) is 5.69 Å². The molecule has 0 aliphatic heterocycles. The zero-order valence-corrected chi connectivity index (χ0v) is 10.8. The van der Waals surface area contributed by atoms with Crippen LogP contribution in [0.25, 0.3) is 5.69 Å². The lowest BCUT2D eigenvalue weighted by molar-refractivity contribution is 0.0697. The molecular weight excluding hydrogens is 252 g/mol. The van der Waals surface area contributed by atoms with E-state index in [0.29, 0.717) is 5.69 Å². The van der Waals surface area contributed by atoms with E-state index >= 15 is 0 Å². The molecule has 0 aliphatic carbocycles. The maximum atomic E-state index is 11.1. The Bertz CT molecular complexity index is 632. The Labute approximate surface area is 110 Å². The van der Waals surface area contributed by atoms with Gasteiger partial charge in [-0.3, -0.25) is 0 Å². The van der Waals surface area contributed by atoms with Crippen molar-refractivity contribution in [3.05, 3.63) is 46.2 Å². The summed E-state index contributed by atoms with van der Waals surface area (Å²) in [6.07, 6.45) is 0. The monoisotopic (exact) mass is 264 g/mol. The molecule has 18 heavy (non-hydrogen) atoms. The molecule has 0 amide bonds. The van der Waals surface area contributed by atoms with E-state index < -0.39 is 5.97 Å². The number of nitrogens with zero attached hydrogens (tertiary/aromatic N) is 1. The van der Waals surface area contributed by atoms with Crippen LogP contribution in [0.5, 0.6) is 0 Å². The molecule has 0 radical (unpaired) electrons. The molecule has 0 fully saturated rings. The molecular formula is C13H13ClN2O2. The summed E-state index contributed by atoms with van der Waals surface area (Å²) in [6, 6.07) is 6.75. The second-order valence-corrected chi connectivity index (χ2v) is 4.54. The van der Waals surface area contributed by atoms with Gasteiger partial charge in [0.25, 0.3) is 0 Å². The van der Waals surface area contributed by atoms with Gasteiger partial charge in [0.15, 0.2) is 0 Å². The van der Waals surface area contributed by atoms with E-state index in [1.165, 1.54) is 0 Å². The minimum Gasteiger partial charge on any atom is -0.478 e. The second kappa shape index (κ2) is 4.38. The number of benzene rings is 1. The van der Waals surface area contributed by atoms with Gasteiger partial charge in [-0.1, -0.05) is 11.6 Å². The lowest BCUT2D eigenvalue weighted by Crippen LogP contribution is -2.03. The van der Waals surface area contributed by atoms with Crippen LogP contribution in [-0.2, 0) is 0 Å². The topological polar surface area (TPSA) is 68.2 Å². The molecule has 0 saturated heterocycles. The Morgan fingerprint density at radius 3 is 2.50 bits per heavy atom. The Kier molecular flexibility index (Phi) is 3.05. The maximum absolute atomic E-state index is 11.1. The molecule has 0 saturated carbocycles. The fourth-order valence-electron chi connectivity index (χ4n) is 2.00. The van der Waals surface area contributed by atoms with Gasteiger partial charge in [-0.05, 0) is 38.1 Å². The average Bonchev–Trinajstić information content (AvgIpc) is 2.54. The number of carboxylic acids is 1. The van der Waals surface area contributed by atoms with Crippen molar-refractivity contribution in [1.29, 1.82) is 0 Å². The number of carboxylic acid groups (broad SMARTS) is 1. The second-order valence-electron chi connectivity index (χ2n) is 4.13. The van der Waals surface area contributed by atoms with Gasteiger partial charge in [0.05, 0.1) is 16.3 Å². The van der Waals surface area contributed by atoms with E-state index in [9.17, 15) is 4.79 Å². The minimum absolute atomic E-state index is 0.0836. The van der Waals surface area contributed by atoms with Crippen LogP contribution >= 0.6 is 11.6 Å². The van der Waals surface area contributed by atoms with Crippen LogP contribution in [-0.4, -0.2) is 15.6 Å². The van der Waals surface area contributed by atoms with Crippen LogP contribution in [0, 0.1) is 13.8 Å². The number of hydrogen-bond acceptors (Lipinski definition) is 2. The molecule has 0 aliphatic rings. The zero-order chi connectivity index (χ0) is 13.4. The van der Waals surface area contributed by atoms with Crippen molar-refractivity contribution >= 4 is 23.3 Å². The Morgan fingerprint density at radius 1 is 1.33 bits per heavy atom. The van der Waals surface area contributed by atoms with Gasteiger partial charge in [-0.15, -0.1) is 0 Å². The quantitative estimate of drug-likeness (QED) is 0.876. The smallest absolute Gasteiger partial charge is 0.337 e. The van der Waals surface area contributed by atoms with Crippen LogP contribution in [0.3, 0.4) is 0 Å². The lowest BCUT2D eigenvalue weighted by atomic mass is 10.2. The molecule has 0 bridgehead atoms. The number of nitrogen functional groups attached to an aromatic ring is 1. The fraction of sp³-hybridized carbons (Fsp3) is 0.154. The molecule has 1 heterocycles. The highest BCUT2D eigenvalue weighted by molar-refractivity contribution is 6.33. The molecule has 5 heteroatoms. The Morgan fingerprint density at radius 2 is 2.00 bits per heavy atom. The van der Waals surface area contributed by atoms with Gasteiger partial charge in [0, 0.05) is 17.1 Å². The van der Waals surface area contributed by atoms with E-state index in [0.717, 1.165) is 17.1 Å². The van der Waals surface area contributed by atoms with Crippen LogP contribution in [0.2, 0.25) is 5.02 Å². The summed E-state index contributed by atoms with van der Waals surface area (Å²) in [5.41, 5.74) is 9.17. The van der Waals surface area contributed by atoms with Gasteiger partial charge in [0.2, 0.25) is 0 Å². The van der Waals surface area contributed by atoms with Crippen molar-refractivity contribution in [2.24, 2.45) is 0 Å². The van der Waals surface area contributed by atoms with Gasteiger partial charge in [-0.25, -0.2) is 4.79 Å². The van der Waals surface area contributed by atoms with E-state index in [4.69, 9.17) is 22.4 Å². The summed E-state index contributed by atoms with van der Waals surface area (Å²) >= 11 is 5.85. The summed E-state index contributed by atoms with van der Waals surface area (Å²) in [4.78, 5) is 11.1. The number of aryl methyl sites for hydroxylation is 1. The third-order valence-corrected chi connectivity index (χ3v) is 3.24. The summed E-state index contributed by atoms with van der Waals surface area (Å²) < 4.78 is 1.90. The first-order chi connectivity index (χ1) is 8.41. The van der Waals surface area contributed by atoms with Crippen molar-refractivity contribution < 1.29 is 9.90 Å². The van der Waals surface area contributed by atoms with E-state index in [1.807, 2.05) is 24.5 Å². The predicted octanol–water partition coefficient (Wildman–Crippen LogP) is 3.03. The predicted molar refractivity (Wildman–Crippen MR) is 71.6 cm³/mol. The molecule has 3 N–H and O–H groups in total. The summed E-state index contributed by atoms with van der Waals surface area (Å²) in [5.74, 6) is -1.04. The third-order valence-electron chi connectivity index (χ3n) is 2.91. The SMILES string of the molecule is Cc1cc(N)c(C)n1-c1ccc(Cl)c(C(=O)O)c1. The minimum atomic E-state index is -1.04. The zero-order valence-electron chi connectivity index (χ0n) is 10.1. The van der Waals surface area contributed by atoms with E-state index in [2.05, 4.69) is 0 Å². The highest BCUT2D eigenvalue weighted by atomic mass is 35.5. The van der Waals surface area contributed by atoms with Crippen LogP contribution in [0.1, 0.15) is 21.7 Å². The highest BCUT2D eigenvalue weighted by Crippen LogP contribution is 2.25. The first kappa shape index (κ1) is 12.5.